The summed E-state index contributed by atoms with van der Waals surface area (Å²) in [6, 6.07) is 15.8. The van der Waals surface area contributed by atoms with Crippen LogP contribution in [0.25, 0.3) is 28.3 Å². The molecule has 0 aliphatic heterocycles. The molecule has 0 N–H and O–H groups in total. The number of ether oxygens (including phenoxy) is 1. The van der Waals surface area contributed by atoms with Gasteiger partial charge < -0.3 is 4.74 Å². The fourth-order valence-corrected chi connectivity index (χ4v) is 3.17. The van der Waals surface area contributed by atoms with Crippen molar-refractivity contribution in [1.29, 1.82) is 0 Å². The normalized spacial score (nSPS) is 10.9. The first-order chi connectivity index (χ1) is 13.6. The topological polar surface area (TPSA) is 95.5 Å². The predicted molar refractivity (Wildman–Crippen MR) is 107 cm³/mol. The smallest absolute Gasteiger partial charge is 0.270 e. The first-order valence-electron chi connectivity index (χ1n) is 8.30. The summed E-state index contributed by atoms with van der Waals surface area (Å²) in [5.41, 5.74) is 2.92. The van der Waals surface area contributed by atoms with Crippen LogP contribution in [0.15, 0.2) is 59.8 Å². The lowest BCUT2D eigenvalue weighted by Crippen LogP contribution is -1.99. The van der Waals surface area contributed by atoms with Crippen molar-refractivity contribution >= 4 is 23.2 Å². The standard InChI is InChI=1S/C19H15N5O3S/c1-27-15-8-6-12(7-9-15)16-11-17(13-4-3-5-14(10-13)24(25)26)23-18(20-16)21-19(22-23)28-2/h3-11H,1-2H3. The molecule has 28 heavy (non-hydrogen) atoms. The first-order valence-corrected chi connectivity index (χ1v) is 9.52. The zero-order chi connectivity index (χ0) is 19.7. The molecule has 8 nitrogen and oxygen atoms in total. The van der Waals surface area contributed by atoms with Crippen LogP contribution in [-0.2, 0) is 0 Å². The molecule has 0 fully saturated rings. The molecule has 140 valence electrons. The number of nitro groups is 1. The lowest BCUT2D eigenvalue weighted by atomic mass is 10.1. The van der Waals surface area contributed by atoms with Gasteiger partial charge in [0.1, 0.15) is 5.75 Å². The number of rotatable bonds is 5. The van der Waals surface area contributed by atoms with Crippen molar-refractivity contribution in [2.24, 2.45) is 0 Å². The monoisotopic (exact) mass is 393 g/mol. The largest absolute Gasteiger partial charge is 0.497 e. The predicted octanol–water partition coefficient (Wildman–Crippen LogP) is 4.10. The van der Waals surface area contributed by atoms with E-state index in [4.69, 9.17) is 4.74 Å². The van der Waals surface area contributed by atoms with Crippen molar-refractivity contribution in [2.45, 2.75) is 5.16 Å². The molecule has 0 saturated heterocycles. The van der Waals surface area contributed by atoms with Crippen molar-refractivity contribution in [2.75, 3.05) is 13.4 Å². The van der Waals surface area contributed by atoms with Gasteiger partial charge in [0, 0.05) is 23.3 Å². The van der Waals surface area contributed by atoms with Gasteiger partial charge in [0.05, 0.1) is 23.4 Å². The fraction of sp³-hybridized carbons (Fsp3) is 0.105. The molecule has 4 aromatic rings. The van der Waals surface area contributed by atoms with Crippen molar-refractivity contribution < 1.29 is 9.66 Å². The number of nitrogens with zero attached hydrogens (tertiary/aromatic N) is 5. The van der Waals surface area contributed by atoms with E-state index in [0.717, 1.165) is 11.3 Å². The second kappa shape index (κ2) is 7.28. The maximum Gasteiger partial charge on any atom is 0.270 e. The molecule has 9 heteroatoms. The van der Waals surface area contributed by atoms with Crippen LogP contribution >= 0.6 is 11.8 Å². The summed E-state index contributed by atoms with van der Waals surface area (Å²) in [4.78, 5) is 19.8. The Bertz CT molecular complexity index is 1170. The second-order valence-electron chi connectivity index (χ2n) is 5.87. The van der Waals surface area contributed by atoms with Crippen molar-refractivity contribution in [3.63, 3.8) is 0 Å². The van der Waals surface area contributed by atoms with E-state index in [1.54, 1.807) is 23.8 Å². The average Bonchev–Trinajstić information content (AvgIpc) is 3.16. The lowest BCUT2D eigenvalue weighted by molar-refractivity contribution is -0.384. The SMILES string of the molecule is COc1ccc(-c2cc(-c3cccc([N+](=O)[O-])c3)n3nc(SC)nc3n2)cc1. The van der Waals surface area contributed by atoms with Gasteiger partial charge in [0.25, 0.3) is 11.5 Å². The summed E-state index contributed by atoms with van der Waals surface area (Å²) in [6.07, 6.45) is 1.88. The Morgan fingerprint density at radius 1 is 1.07 bits per heavy atom. The van der Waals surface area contributed by atoms with Crippen molar-refractivity contribution in [3.8, 4) is 28.3 Å². The van der Waals surface area contributed by atoms with E-state index in [1.807, 2.05) is 36.6 Å². The quantitative estimate of drug-likeness (QED) is 0.286. The number of fused-ring (bicyclic) bond motifs is 1. The Kier molecular flexibility index (Phi) is 4.66. The van der Waals surface area contributed by atoms with Gasteiger partial charge in [-0.1, -0.05) is 23.9 Å². The molecule has 0 unspecified atom stereocenters. The number of aromatic nitrogens is 4. The van der Waals surface area contributed by atoms with Gasteiger partial charge >= 0.3 is 0 Å². The highest BCUT2D eigenvalue weighted by atomic mass is 32.2. The maximum atomic E-state index is 11.2. The van der Waals surface area contributed by atoms with E-state index in [9.17, 15) is 10.1 Å². The Morgan fingerprint density at radius 3 is 2.54 bits per heavy atom. The minimum Gasteiger partial charge on any atom is -0.497 e. The third-order valence-electron chi connectivity index (χ3n) is 4.21. The number of hydrogen-bond donors (Lipinski definition) is 0. The van der Waals surface area contributed by atoms with Crippen LogP contribution in [0.5, 0.6) is 5.75 Å². The van der Waals surface area contributed by atoms with E-state index < -0.39 is 4.92 Å². The molecular formula is C19H15N5O3S. The lowest BCUT2D eigenvalue weighted by Gasteiger charge is -2.08. The number of benzene rings is 2. The van der Waals surface area contributed by atoms with Gasteiger partial charge in [0.2, 0.25) is 5.16 Å². The second-order valence-corrected chi connectivity index (χ2v) is 6.65. The van der Waals surface area contributed by atoms with Gasteiger partial charge in [-0.25, -0.2) is 4.98 Å². The van der Waals surface area contributed by atoms with Crippen LogP contribution in [0, 0.1) is 10.1 Å². The van der Waals surface area contributed by atoms with Crippen LogP contribution in [0.2, 0.25) is 0 Å². The first kappa shape index (κ1) is 17.9. The van der Waals surface area contributed by atoms with E-state index in [1.165, 1.54) is 23.9 Å². The number of hydrogen-bond acceptors (Lipinski definition) is 7. The molecular weight excluding hydrogens is 378 g/mol. The minimum absolute atomic E-state index is 0.0127. The Morgan fingerprint density at radius 2 is 1.86 bits per heavy atom. The number of methoxy groups -OCH3 is 1. The van der Waals surface area contributed by atoms with Crippen LogP contribution in [-0.4, -0.2) is 37.9 Å². The van der Waals surface area contributed by atoms with Gasteiger partial charge in [-0.05, 0) is 36.6 Å². The summed E-state index contributed by atoms with van der Waals surface area (Å²) in [7, 11) is 1.61. The summed E-state index contributed by atoms with van der Waals surface area (Å²) >= 11 is 1.41. The molecule has 2 heterocycles. The summed E-state index contributed by atoms with van der Waals surface area (Å²) in [6.45, 7) is 0. The molecule has 0 aliphatic carbocycles. The third kappa shape index (κ3) is 3.27. The average molecular weight is 393 g/mol. The maximum absolute atomic E-state index is 11.2. The van der Waals surface area contributed by atoms with Crippen molar-refractivity contribution in [1.82, 2.24) is 19.6 Å². The highest BCUT2D eigenvalue weighted by Gasteiger charge is 2.16. The number of non-ortho nitro benzene ring substituents is 1. The van der Waals surface area contributed by atoms with E-state index in [-0.39, 0.29) is 5.69 Å². The molecule has 0 bridgehead atoms. The molecule has 0 aliphatic rings. The summed E-state index contributed by atoms with van der Waals surface area (Å²) in [5.74, 6) is 1.18. The number of nitro benzene ring substituents is 1. The zero-order valence-corrected chi connectivity index (χ0v) is 15.9. The molecule has 0 amide bonds. The van der Waals surface area contributed by atoms with Crippen molar-refractivity contribution in [3.05, 3.63) is 64.7 Å². The van der Waals surface area contributed by atoms with Crippen LogP contribution in [0.3, 0.4) is 0 Å². The van der Waals surface area contributed by atoms with Gasteiger partial charge in [-0.15, -0.1) is 5.10 Å². The third-order valence-corrected chi connectivity index (χ3v) is 4.75. The van der Waals surface area contributed by atoms with Crippen LogP contribution in [0.4, 0.5) is 5.69 Å². The molecule has 0 atom stereocenters. The van der Waals surface area contributed by atoms with E-state index in [2.05, 4.69) is 15.1 Å². The van der Waals surface area contributed by atoms with E-state index >= 15 is 0 Å². The molecule has 2 aromatic heterocycles. The van der Waals surface area contributed by atoms with Crippen LogP contribution in [0.1, 0.15) is 0 Å². The van der Waals surface area contributed by atoms with Crippen LogP contribution < -0.4 is 4.74 Å². The molecule has 4 rings (SSSR count). The fourth-order valence-electron chi connectivity index (χ4n) is 2.83. The Hall–Kier alpha value is -3.46. The zero-order valence-electron chi connectivity index (χ0n) is 15.1. The van der Waals surface area contributed by atoms with Gasteiger partial charge in [0.15, 0.2) is 0 Å². The molecule has 0 saturated carbocycles. The molecule has 0 radical (unpaired) electrons. The highest BCUT2D eigenvalue weighted by molar-refractivity contribution is 7.98. The Labute approximate surface area is 164 Å². The Balaban J connectivity index is 1.94. The van der Waals surface area contributed by atoms with E-state index in [0.29, 0.717) is 27.9 Å². The molecule has 2 aromatic carbocycles. The highest BCUT2D eigenvalue weighted by Crippen LogP contribution is 2.29. The van der Waals surface area contributed by atoms with Gasteiger partial charge in [-0.2, -0.15) is 9.50 Å². The number of thioether (sulfide) groups is 1. The molecule has 0 spiro atoms. The minimum atomic E-state index is -0.416. The van der Waals surface area contributed by atoms with Gasteiger partial charge in [-0.3, -0.25) is 10.1 Å². The summed E-state index contributed by atoms with van der Waals surface area (Å²) in [5, 5.41) is 16.2. The summed E-state index contributed by atoms with van der Waals surface area (Å²) < 4.78 is 6.82.